The number of hydrogen-bond donors (Lipinski definition) is 2. The molecule has 1 fully saturated rings. The molecule has 1 aromatic carbocycles. The van der Waals surface area contributed by atoms with Gasteiger partial charge in [0.2, 0.25) is 0 Å². The fraction of sp³-hybridized carbons (Fsp3) is 0.429. The van der Waals surface area contributed by atoms with E-state index in [0.717, 1.165) is 4.47 Å². The molecule has 114 valence electrons. The van der Waals surface area contributed by atoms with Crippen molar-refractivity contribution < 1.29 is 19.4 Å². The fourth-order valence-electron chi connectivity index (χ4n) is 2.38. The second kappa shape index (κ2) is 6.77. The van der Waals surface area contributed by atoms with Crippen molar-refractivity contribution in [3.63, 3.8) is 0 Å². The Balaban J connectivity index is 2.21. The van der Waals surface area contributed by atoms with Gasteiger partial charge in [0, 0.05) is 17.7 Å². The SMILES string of the molecule is O=C(O)CC1(NC(=O)c2cc(Br)ccc2Cl)CCOCC1. The zero-order valence-corrected chi connectivity index (χ0v) is 13.5. The Labute approximate surface area is 135 Å². The van der Waals surface area contributed by atoms with Crippen molar-refractivity contribution in [1.82, 2.24) is 5.32 Å². The van der Waals surface area contributed by atoms with Crippen molar-refractivity contribution in [2.45, 2.75) is 24.8 Å². The van der Waals surface area contributed by atoms with Crippen molar-refractivity contribution in [3.05, 3.63) is 33.3 Å². The molecule has 0 bridgehead atoms. The lowest BCUT2D eigenvalue weighted by molar-refractivity contribution is -0.139. The molecule has 2 rings (SSSR count). The molecule has 0 atom stereocenters. The van der Waals surface area contributed by atoms with E-state index in [0.29, 0.717) is 36.6 Å². The highest BCUT2D eigenvalue weighted by molar-refractivity contribution is 9.10. The highest BCUT2D eigenvalue weighted by Gasteiger charge is 2.36. The summed E-state index contributed by atoms with van der Waals surface area (Å²) in [5, 5.41) is 12.3. The van der Waals surface area contributed by atoms with Gasteiger partial charge < -0.3 is 15.2 Å². The molecule has 0 spiro atoms. The maximum absolute atomic E-state index is 12.4. The molecule has 21 heavy (non-hydrogen) atoms. The summed E-state index contributed by atoms with van der Waals surface area (Å²) < 4.78 is 5.99. The van der Waals surface area contributed by atoms with Gasteiger partial charge in [0.25, 0.3) is 5.91 Å². The Hall–Kier alpha value is -1.11. The normalized spacial score (nSPS) is 17.2. The van der Waals surface area contributed by atoms with Crippen LogP contribution in [0.1, 0.15) is 29.6 Å². The van der Waals surface area contributed by atoms with E-state index < -0.39 is 11.5 Å². The lowest BCUT2D eigenvalue weighted by atomic mass is 9.86. The monoisotopic (exact) mass is 375 g/mol. The van der Waals surface area contributed by atoms with E-state index in [2.05, 4.69) is 21.2 Å². The summed E-state index contributed by atoms with van der Waals surface area (Å²) in [4.78, 5) is 23.5. The summed E-state index contributed by atoms with van der Waals surface area (Å²) in [5.41, 5.74) is -0.463. The molecule has 7 heteroatoms. The fourth-order valence-corrected chi connectivity index (χ4v) is 2.94. The van der Waals surface area contributed by atoms with Crippen molar-refractivity contribution in [1.29, 1.82) is 0 Å². The van der Waals surface area contributed by atoms with E-state index in [1.807, 2.05) is 0 Å². The Kier molecular flexibility index (Phi) is 5.24. The van der Waals surface area contributed by atoms with Crippen molar-refractivity contribution in [3.8, 4) is 0 Å². The maximum atomic E-state index is 12.4. The molecule has 1 aromatic rings. The minimum absolute atomic E-state index is 0.131. The second-order valence-electron chi connectivity index (χ2n) is 5.04. The standard InChI is InChI=1S/C14H15BrClNO4/c15-9-1-2-11(16)10(7-9)13(20)17-14(8-12(18)19)3-5-21-6-4-14/h1-2,7H,3-6,8H2,(H,17,20)(H,18,19). The molecule has 1 aliphatic rings. The second-order valence-corrected chi connectivity index (χ2v) is 6.36. The van der Waals surface area contributed by atoms with Crippen LogP contribution in [0.5, 0.6) is 0 Å². The van der Waals surface area contributed by atoms with Gasteiger partial charge in [-0.05, 0) is 31.0 Å². The van der Waals surface area contributed by atoms with Gasteiger partial charge in [0.15, 0.2) is 0 Å². The first-order chi connectivity index (χ1) is 9.92. The first-order valence-corrected chi connectivity index (χ1v) is 7.66. The number of rotatable bonds is 4. The lowest BCUT2D eigenvalue weighted by Crippen LogP contribution is -2.53. The van der Waals surface area contributed by atoms with E-state index >= 15 is 0 Å². The maximum Gasteiger partial charge on any atom is 0.305 e. The summed E-state index contributed by atoms with van der Waals surface area (Å²) in [5.74, 6) is -1.32. The van der Waals surface area contributed by atoms with Crippen molar-refractivity contribution >= 4 is 39.4 Å². The van der Waals surface area contributed by atoms with Gasteiger partial charge in [-0.2, -0.15) is 0 Å². The Morgan fingerprint density at radius 1 is 1.38 bits per heavy atom. The van der Waals surface area contributed by atoms with E-state index in [1.54, 1.807) is 18.2 Å². The summed E-state index contributed by atoms with van der Waals surface area (Å²) in [6.45, 7) is 0.861. The number of benzene rings is 1. The van der Waals surface area contributed by atoms with Crippen molar-refractivity contribution in [2.75, 3.05) is 13.2 Å². The summed E-state index contributed by atoms with van der Waals surface area (Å²) in [7, 11) is 0. The Bertz CT molecular complexity index is 558. The predicted octanol–water partition coefficient (Wildman–Crippen LogP) is 2.86. The molecule has 1 saturated heterocycles. The van der Waals surface area contributed by atoms with Gasteiger partial charge in [-0.1, -0.05) is 27.5 Å². The zero-order valence-electron chi connectivity index (χ0n) is 11.2. The van der Waals surface area contributed by atoms with Gasteiger partial charge in [-0.3, -0.25) is 9.59 Å². The molecule has 1 amide bonds. The number of aliphatic carboxylic acids is 1. The summed E-state index contributed by atoms with van der Waals surface area (Å²) >= 11 is 9.33. The number of carboxylic acid groups (broad SMARTS) is 1. The molecular formula is C14H15BrClNO4. The first kappa shape index (κ1) is 16.3. The molecule has 0 radical (unpaired) electrons. The lowest BCUT2D eigenvalue weighted by Gasteiger charge is -2.36. The van der Waals surface area contributed by atoms with Crippen LogP contribution in [0.15, 0.2) is 22.7 Å². The first-order valence-electron chi connectivity index (χ1n) is 6.49. The third-order valence-electron chi connectivity index (χ3n) is 3.49. The Morgan fingerprint density at radius 2 is 2.05 bits per heavy atom. The number of halogens is 2. The predicted molar refractivity (Wildman–Crippen MR) is 81.7 cm³/mol. The van der Waals surface area contributed by atoms with E-state index in [4.69, 9.17) is 21.4 Å². The number of carbonyl (C=O) groups excluding carboxylic acids is 1. The largest absolute Gasteiger partial charge is 0.481 e. The summed E-state index contributed by atoms with van der Waals surface area (Å²) in [6, 6.07) is 4.97. The van der Waals surface area contributed by atoms with Crippen LogP contribution in [0.3, 0.4) is 0 Å². The smallest absolute Gasteiger partial charge is 0.305 e. The molecule has 1 aliphatic heterocycles. The zero-order chi connectivity index (χ0) is 15.5. The van der Waals surface area contributed by atoms with Crippen LogP contribution in [0.2, 0.25) is 5.02 Å². The van der Waals surface area contributed by atoms with E-state index in [-0.39, 0.29) is 12.3 Å². The quantitative estimate of drug-likeness (QED) is 0.847. The van der Waals surface area contributed by atoms with Crippen LogP contribution in [-0.4, -0.2) is 35.7 Å². The van der Waals surface area contributed by atoms with Crippen LogP contribution >= 0.6 is 27.5 Å². The molecule has 2 N–H and O–H groups in total. The molecule has 1 heterocycles. The van der Waals surface area contributed by atoms with Crippen LogP contribution in [-0.2, 0) is 9.53 Å². The highest BCUT2D eigenvalue weighted by Crippen LogP contribution is 2.27. The molecule has 0 unspecified atom stereocenters. The topological polar surface area (TPSA) is 75.6 Å². The number of hydrogen-bond acceptors (Lipinski definition) is 3. The van der Waals surface area contributed by atoms with Gasteiger partial charge >= 0.3 is 5.97 Å². The van der Waals surface area contributed by atoms with Gasteiger partial charge in [0.1, 0.15) is 0 Å². The van der Waals surface area contributed by atoms with E-state index in [9.17, 15) is 9.59 Å². The van der Waals surface area contributed by atoms with E-state index in [1.165, 1.54) is 0 Å². The number of amides is 1. The Morgan fingerprint density at radius 3 is 2.67 bits per heavy atom. The number of ether oxygens (including phenoxy) is 1. The van der Waals surface area contributed by atoms with Crippen molar-refractivity contribution in [2.24, 2.45) is 0 Å². The molecule has 0 aromatic heterocycles. The average Bonchev–Trinajstić information content (AvgIpc) is 2.41. The molecule has 5 nitrogen and oxygen atoms in total. The number of carbonyl (C=O) groups is 2. The highest BCUT2D eigenvalue weighted by atomic mass is 79.9. The minimum Gasteiger partial charge on any atom is -0.481 e. The summed E-state index contributed by atoms with van der Waals surface area (Å²) in [6.07, 6.45) is 0.807. The van der Waals surface area contributed by atoms with Crippen LogP contribution < -0.4 is 5.32 Å². The number of carboxylic acids is 1. The van der Waals surface area contributed by atoms with Gasteiger partial charge in [-0.25, -0.2) is 0 Å². The van der Waals surface area contributed by atoms with Gasteiger partial charge in [0.05, 0.1) is 22.5 Å². The third-order valence-corrected chi connectivity index (χ3v) is 4.31. The van der Waals surface area contributed by atoms with Gasteiger partial charge in [-0.15, -0.1) is 0 Å². The van der Waals surface area contributed by atoms with Crippen LogP contribution in [0.25, 0.3) is 0 Å². The number of nitrogens with one attached hydrogen (secondary N) is 1. The molecule has 0 saturated carbocycles. The molecule has 0 aliphatic carbocycles. The van der Waals surface area contributed by atoms with Crippen LogP contribution in [0, 0.1) is 0 Å². The minimum atomic E-state index is -0.947. The third kappa shape index (κ3) is 4.18. The average molecular weight is 377 g/mol. The van der Waals surface area contributed by atoms with Crippen LogP contribution in [0.4, 0.5) is 0 Å². The molecular weight excluding hydrogens is 362 g/mol.